The number of ether oxygens (including phenoxy) is 2. The van der Waals surface area contributed by atoms with Gasteiger partial charge in [0.2, 0.25) is 0 Å². The van der Waals surface area contributed by atoms with Crippen molar-refractivity contribution in [3.63, 3.8) is 0 Å². The molecule has 0 saturated carbocycles. The van der Waals surface area contributed by atoms with E-state index in [1.807, 2.05) is 0 Å². The standard InChI is InChI=1S/C17H26N6O4S2/c1-17(2,3)29-28-5-4-19-6-11(25)27-13-10(24)7-26-16(13)23-9-22-12-14(18)20-8-21-15(12)23/h8-10,13,16,19,24H,4-7H2,1-3H3,(H2,18,20,21). The number of hydrogen-bond donors (Lipinski definition) is 3. The summed E-state index contributed by atoms with van der Waals surface area (Å²) in [5.41, 5.74) is 6.68. The molecule has 160 valence electrons. The van der Waals surface area contributed by atoms with Gasteiger partial charge in [0.15, 0.2) is 23.8 Å². The highest BCUT2D eigenvalue weighted by molar-refractivity contribution is 8.77. The Morgan fingerprint density at radius 3 is 3.00 bits per heavy atom. The van der Waals surface area contributed by atoms with Gasteiger partial charge in [0.1, 0.15) is 17.9 Å². The maximum atomic E-state index is 12.2. The van der Waals surface area contributed by atoms with Gasteiger partial charge in [-0.05, 0) is 0 Å². The lowest BCUT2D eigenvalue weighted by atomic mass is 10.2. The van der Waals surface area contributed by atoms with E-state index in [4.69, 9.17) is 15.2 Å². The monoisotopic (exact) mass is 442 g/mol. The third-order valence-corrected chi connectivity index (χ3v) is 7.31. The molecule has 0 spiro atoms. The predicted molar refractivity (Wildman–Crippen MR) is 113 cm³/mol. The van der Waals surface area contributed by atoms with Gasteiger partial charge in [-0.2, -0.15) is 0 Å². The molecule has 0 amide bonds. The summed E-state index contributed by atoms with van der Waals surface area (Å²) >= 11 is 0. The average molecular weight is 443 g/mol. The van der Waals surface area contributed by atoms with Gasteiger partial charge in [0.05, 0.1) is 19.5 Å². The van der Waals surface area contributed by atoms with Crippen LogP contribution in [-0.4, -0.2) is 73.0 Å². The number of nitrogens with two attached hydrogens (primary N) is 1. The number of nitrogens with zero attached hydrogens (tertiary/aromatic N) is 4. The third-order valence-electron chi connectivity index (χ3n) is 3.97. The SMILES string of the molecule is CC(C)(C)SSCCNCC(=O)OC1C(O)COC1n1cnc2c(N)ncnc21. The van der Waals surface area contributed by atoms with E-state index in [9.17, 15) is 9.90 Å². The van der Waals surface area contributed by atoms with Gasteiger partial charge >= 0.3 is 5.97 Å². The van der Waals surface area contributed by atoms with Crippen LogP contribution in [0.15, 0.2) is 12.7 Å². The number of carbonyl (C=O) groups excluding carboxylic acids is 1. The normalized spacial score (nSPS) is 22.3. The average Bonchev–Trinajstić information content (AvgIpc) is 3.22. The number of imidazole rings is 1. The Balaban J connectivity index is 1.53. The molecule has 2 aromatic heterocycles. The summed E-state index contributed by atoms with van der Waals surface area (Å²) in [6, 6.07) is 0. The summed E-state index contributed by atoms with van der Waals surface area (Å²) in [6.45, 7) is 7.24. The van der Waals surface area contributed by atoms with E-state index in [1.165, 1.54) is 12.7 Å². The molecular weight excluding hydrogens is 416 g/mol. The summed E-state index contributed by atoms with van der Waals surface area (Å²) < 4.78 is 12.9. The lowest BCUT2D eigenvalue weighted by Crippen LogP contribution is -2.37. The van der Waals surface area contributed by atoms with Crippen molar-refractivity contribution < 1.29 is 19.4 Å². The molecule has 1 fully saturated rings. The van der Waals surface area contributed by atoms with Crippen LogP contribution in [0.5, 0.6) is 0 Å². The number of nitrogens with one attached hydrogen (secondary N) is 1. The van der Waals surface area contributed by atoms with Gasteiger partial charge < -0.3 is 25.6 Å². The van der Waals surface area contributed by atoms with Crippen LogP contribution in [0.4, 0.5) is 5.82 Å². The lowest BCUT2D eigenvalue weighted by Gasteiger charge is -2.22. The highest BCUT2D eigenvalue weighted by Gasteiger charge is 2.41. The van der Waals surface area contributed by atoms with E-state index in [1.54, 1.807) is 26.2 Å². The second kappa shape index (κ2) is 9.47. The van der Waals surface area contributed by atoms with Gasteiger partial charge in [-0.3, -0.25) is 9.36 Å². The van der Waals surface area contributed by atoms with Crippen LogP contribution in [0.2, 0.25) is 0 Å². The molecule has 3 rings (SSSR count). The summed E-state index contributed by atoms with van der Waals surface area (Å²) in [7, 11) is 3.56. The first-order valence-electron chi connectivity index (χ1n) is 9.20. The highest BCUT2D eigenvalue weighted by atomic mass is 33.1. The molecule has 0 aromatic carbocycles. The van der Waals surface area contributed by atoms with E-state index in [0.717, 1.165) is 5.75 Å². The van der Waals surface area contributed by atoms with Gasteiger partial charge in [0.25, 0.3) is 0 Å². The predicted octanol–water partition coefficient (Wildman–Crippen LogP) is 0.980. The number of esters is 1. The number of fused-ring (bicyclic) bond motifs is 1. The van der Waals surface area contributed by atoms with Crippen LogP contribution < -0.4 is 11.1 Å². The number of aliphatic hydroxyl groups excluding tert-OH is 1. The summed E-state index contributed by atoms with van der Waals surface area (Å²) in [5, 5.41) is 13.3. The molecule has 29 heavy (non-hydrogen) atoms. The maximum absolute atomic E-state index is 12.2. The minimum atomic E-state index is -0.945. The molecule has 10 nitrogen and oxygen atoms in total. The van der Waals surface area contributed by atoms with Crippen molar-refractivity contribution in [1.29, 1.82) is 0 Å². The van der Waals surface area contributed by atoms with Crippen LogP contribution in [0, 0.1) is 0 Å². The topological polar surface area (TPSA) is 137 Å². The molecule has 3 atom stereocenters. The minimum Gasteiger partial charge on any atom is -0.454 e. The van der Waals surface area contributed by atoms with E-state index >= 15 is 0 Å². The zero-order valence-corrected chi connectivity index (χ0v) is 18.2. The molecule has 1 aliphatic heterocycles. The first kappa shape index (κ1) is 22.1. The van der Waals surface area contributed by atoms with E-state index in [-0.39, 0.29) is 23.7 Å². The number of rotatable bonds is 8. The third kappa shape index (κ3) is 5.72. The van der Waals surface area contributed by atoms with Crippen molar-refractivity contribution >= 4 is 44.5 Å². The first-order chi connectivity index (χ1) is 13.8. The Labute approximate surface area is 176 Å². The number of aliphatic hydroxyl groups is 1. The van der Waals surface area contributed by atoms with Crippen molar-refractivity contribution in [2.24, 2.45) is 0 Å². The van der Waals surface area contributed by atoms with Crippen LogP contribution >= 0.6 is 21.6 Å². The molecule has 12 heteroatoms. The van der Waals surface area contributed by atoms with Gasteiger partial charge in [-0.25, -0.2) is 15.0 Å². The summed E-state index contributed by atoms with van der Waals surface area (Å²) in [4.78, 5) is 24.5. The quantitative estimate of drug-likeness (QED) is 0.306. The van der Waals surface area contributed by atoms with Crippen molar-refractivity contribution in [2.75, 3.05) is 31.2 Å². The second-order valence-electron chi connectivity index (χ2n) is 7.52. The molecule has 0 bridgehead atoms. The fourth-order valence-corrected chi connectivity index (χ4v) is 4.95. The zero-order valence-electron chi connectivity index (χ0n) is 16.6. The Bertz CT molecular complexity index is 843. The number of hydrogen-bond acceptors (Lipinski definition) is 11. The number of aromatic nitrogens is 4. The fourth-order valence-electron chi connectivity index (χ4n) is 2.72. The number of anilines is 1. The van der Waals surface area contributed by atoms with Crippen LogP contribution in [0.1, 0.15) is 27.0 Å². The van der Waals surface area contributed by atoms with Crippen LogP contribution in [0.25, 0.3) is 11.2 Å². The first-order valence-corrected chi connectivity index (χ1v) is 11.5. The summed E-state index contributed by atoms with van der Waals surface area (Å²) in [5.74, 6) is 0.652. The molecule has 0 aliphatic carbocycles. The molecule has 1 aliphatic rings. The molecular formula is C17H26N6O4S2. The number of nitrogen functional groups attached to an aromatic ring is 1. The molecule has 4 N–H and O–H groups in total. The molecule has 0 radical (unpaired) electrons. The van der Waals surface area contributed by atoms with Crippen molar-refractivity contribution in [3.05, 3.63) is 12.7 Å². The van der Waals surface area contributed by atoms with Gasteiger partial charge in [0, 0.05) is 17.0 Å². The largest absolute Gasteiger partial charge is 0.454 e. The Hall–Kier alpha value is -1.60. The van der Waals surface area contributed by atoms with E-state index < -0.39 is 24.4 Å². The Morgan fingerprint density at radius 2 is 2.24 bits per heavy atom. The molecule has 2 aromatic rings. The van der Waals surface area contributed by atoms with Crippen molar-refractivity contribution in [1.82, 2.24) is 24.8 Å². The van der Waals surface area contributed by atoms with Crippen LogP contribution in [-0.2, 0) is 14.3 Å². The summed E-state index contributed by atoms with van der Waals surface area (Å²) in [6.07, 6.45) is 0.249. The lowest BCUT2D eigenvalue weighted by molar-refractivity contribution is -0.157. The molecule has 3 unspecified atom stereocenters. The fraction of sp³-hybridized carbons (Fsp3) is 0.647. The van der Waals surface area contributed by atoms with Crippen LogP contribution in [0.3, 0.4) is 0 Å². The molecule has 1 saturated heterocycles. The van der Waals surface area contributed by atoms with Gasteiger partial charge in [-0.15, -0.1) is 0 Å². The smallest absolute Gasteiger partial charge is 0.320 e. The minimum absolute atomic E-state index is 0.0386. The zero-order chi connectivity index (χ0) is 21.0. The van der Waals surface area contributed by atoms with Gasteiger partial charge in [-0.1, -0.05) is 42.4 Å². The Morgan fingerprint density at radius 1 is 1.45 bits per heavy atom. The van der Waals surface area contributed by atoms with E-state index in [0.29, 0.717) is 17.7 Å². The second-order valence-corrected chi connectivity index (χ2v) is 10.8. The van der Waals surface area contributed by atoms with Crippen molar-refractivity contribution in [3.8, 4) is 0 Å². The maximum Gasteiger partial charge on any atom is 0.320 e. The Kier molecular flexibility index (Phi) is 7.22. The van der Waals surface area contributed by atoms with E-state index in [2.05, 4.69) is 41.0 Å². The highest BCUT2D eigenvalue weighted by Crippen LogP contribution is 2.34. The molecule has 3 heterocycles. The number of carbonyl (C=O) groups is 1. The van der Waals surface area contributed by atoms with Crippen molar-refractivity contribution in [2.45, 2.75) is 44.0 Å².